The average molecular weight is 296 g/mol. The van der Waals surface area contributed by atoms with Crippen LogP contribution < -0.4 is 15.4 Å². The first-order chi connectivity index (χ1) is 10.8. The van der Waals surface area contributed by atoms with Crippen LogP contribution in [0.25, 0.3) is 10.8 Å². The smallest absolute Gasteiger partial charge is 0.258 e. The van der Waals surface area contributed by atoms with Crippen LogP contribution in [-0.2, 0) is 4.79 Å². The molecule has 0 saturated carbocycles. The van der Waals surface area contributed by atoms with E-state index < -0.39 is 0 Å². The Balaban J connectivity index is 1.55. The van der Waals surface area contributed by atoms with Crippen molar-refractivity contribution in [2.24, 2.45) is 0 Å². The number of fused-ring (bicyclic) bond motifs is 1. The Labute approximate surface area is 130 Å². The second-order valence-electron chi connectivity index (χ2n) is 5.36. The SMILES string of the molecule is O=C(COc1cccc2ccccc12)NCC1=CCNCC1. The molecule has 1 heterocycles. The molecule has 114 valence electrons. The predicted molar refractivity (Wildman–Crippen MR) is 88.0 cm³/mol. The molecule has 22 heavy (non-hydrogen) atoms. The molecule has 0 bridgehead atoms. The lowest BCUT2D eigenvalue weighted by molar-refractivity contribution is -0.122. The fraction of sp³-hybridized carbons (Fsp3) is 0.278. The van der Waals surface area contributed by atoms with Crippen LogP contribution in [0.1, 0.15) is 6.42 Å². The summed E-state index contributed by atoms with van der Waals surface area (Å²) in [4.78, 5) is 11.9. The van der Waals surface area contributed by atoms with Gasteiger partial charge in [-0.25, -0.2) is 0 Å². The second-order valence-corrected chi connectivity index (χ2v) is 5.36. The van der Waals surface area contributed by atoms with Crippen LogP contribution in [0.15, 0.2) is 54.1 Å². The highest BCUT2D eigenvalue weighted by Gasteiger charge is 2.07. The molecular weight excluding hydrogens is 276 g/mol. The van der Waals surface area contributed by atoms with Crippen molar-refractivity contribution in [3.8, 4) is 5.75 Å². The zero-order valence-electron chi connectivity index (χ0n) is 12.5. The molecule has 1 aliphatic heterocycles. The number of hydrogen-bond acceptors (Lipinski definition) is 3. The van der Waals surface area contributed by atoms with E-state index in [9.17, 15) is 4.79 Å². The zero-order chi connectivity index (χ0) is 15.2. The second kappa shape index (κ2) is 7.09. The third-order valence-electron chi connectivity index (χ3n) is 3.78. The molecule has 0 fully saturated rings. The summed E-state index contributed by atoms with van der Waals surface area (Å²) < 4.78 is 5.68. The van der Waals surface area contributed by atoms with Gasteiger partial charge in [0.15, 0.2) is 6.61 Å². The van der Waals surface area contributed by atoms with Crippen LogP contribution in [0, 0.1) is 0 Å². The average Bonchev–Trinajstić information content (AvgIpc) is 2.59. The standard InChI is InChI=1S/C18H20N2O2/c21-18(20-12-14-8-10-19-11-9-14)13-22-17-7-3-5-15-4-1-2-6-16(15)17/h1-8,19H,9-13H2,(H,20,21). The number of carbonyl (C=O) groups excluding carboxylic acids is 1. The van der Waals surface area contributed by atoms with E-state index in [1.807, 2.05) is 42.5 Å². The Morgan fingerprint density at radius 2 is 2.05 bits per heavy atom. The molecule has 2 N–H and O–H groups in total. The van der Waals surface area contributed by atoms with Gasteiger partial charge >= 0.3 is 0 Å². The first-order valence-corrected chi connectivity index (χ1v) is 7.59. The summed E-state index contributed by atoms with van der Waals surface area (Å²) in [6, 6.07) is 13.9. The quantitative estimate of drug-likeness (QED) is 0.832. The lowest BCUT2D eigenvalue weighted by Gasteiger charge is -2.15. The maximum atomic E-state index is 11.9. The topological polar surface area (TPSA) is 50.4 Å². The number of carbonyl (C=O) groups is 1. The maximum Gasteiger partial charge on any atom is 0.258 e. The van der Waals surface area contributed by atoms with Crippen LogP contribution in [0.5, 0.6) is 5.75 Å². The Kier molecular flexibility index (Phi) is 4.71. The number of nitrogens with one attached hydrogen (secondary N) is 2. The third kappa shape index (κ3) is 3.65. The van der Waals surface area contributed by atoms with E-state index in [2.05, 4.69) is 16.7 Å². The molecule has 4 nitrogen and oxygen atoms in total. The first kappa shape index (κ1) is 14.6. The number of ether oxygens (including phenoxy) is 1. The van der Waals surface area contributed by atoms with E-state index in [0.717, 1.165) is 36.0 Å². The molecule has 0 spiro atoms. The summed E-state index contributed by atoms with van der Waals surface area (Å²) in [6.45, 7) is 2.52. The van der Waals surface area contributed by atoms with Crippen molar-refractivity contribution in [1.82, 2.24) is 10.6 Å². The van der Waals surface area contributed by atoms with Gasteiger partial charge in [-0.15, -0.1) is 0 Å². The first-order valence-electron chi connectivity index (χ1n) is 7.59. The molecule has 0 saturated heterocycles. The number of amides is 1. The number of rotatable bonds is 5. The zero-order valence-corrected chi connectivity index (χ0v) is 12.5. The van der Waals surface area contributed by atoms with Crippen molar-refractivity contribution < 1.29 is 9.53 Å². The van der Waals surface area contributed by atoms with Crippen LogP contribution in [0.4, 0.5) is 0 Å². The van der Waals surface area contributed by atoms with E-state index in [1.165, 1.54) is 5.57 Å². The highest BCUT2D eigenvalue weighted by molar-refractivity contribution is 5.88. The van der Waals surface area contributed by atoms with E-state index in [0.29, 0.717) is 6.54 Å². The Bertz CT molecular complexity index is 689. The molecule has 0 radical (unpaired) electrons. The number of benzene rings is 2. The van der Waals surface area contributed by atoms with E-state index >= 15 is 0 Å². The molecule has 4 heteroatoms. The van der Waals surface area contributed by atoms with Crippen LogP contribution >= 0.6 is 0 Å². The third-order valence-corrected chi connectivity index (χ3v) is 3.78. The largest absolute Gasteiger partial charge is 0.483 e. The van der Waals surface area contributed by atoms with E-state index in [-0.39, 0.29) is 12.5 Å². The van der Waals surface area contributed by atoms with Crippen molar-refractivity contribution >= 4 is 16.7 Å². The van der Waals surface area contributed by atoms with Gasteiger partial charge in [0.25, 0.3) is 5.91 Å². The molecule has 0 aliphatic carbocycles. The summed E-state index contributed by atoms with van der Waals surface area (Å²) in [5, 5.41) is 8.30. The van der Waals surface area contributed by atoms with Gasteiger partial charge in [-0.2, -0.15) is 0 Å². The highest BCUT2D eigenvalue weighted by atomic mass is 16.5. The minimum atomic E-state index is -0.0904. The molecule has 2 aromatic rings. The molecular formula is C18H20N2O2. The van der Waals surface area contributed by atoms with E-state index in [4.69, 9.17) is 4.74 Å². The van der Waals surface area contributed by atoms with Gasteiger partial charge in [-0.05, 0) is 24.4 Å². The van der Waals surface area contributed by atoms with Crippen molar-refractivity contribution in [3.63, 3.8) is 0 Å². The van der Waals surface area contributed by atoms with Crippen LogP contribution in [0.2, 0.25) is 0 Å². The predicted octanol–water partition coefficient (Wildman–Crippen LogP) is 2.25. The molecule has 0 aromatic heterocycles. The fourth-order valence-corrected chi connectivity index (χ4v) is 2.56. The van der Waals surface area contributed by atoms with Gasteiger partial charge in [0, 0.05) is 18.5 Å². The summed E-state index contributed by atoms with van der Waals surface area (Å²) in [5.41, 5.74) is 1.28. The Morgan fingerprint density at radius 3 is 2.91 bits per heavy atom. The van der Waals surface area contributed by atoms with Crippen molar-refractivity contribution in [2.45, 2.75) is 6.42 Å². The van der Waals surface area contributed by atoms with Crippen LogP contribution in [0.3, 0.4) is 0 Å². The molecule has 2 aromatic carbocycles. The summed E-state index contributed by atoms with van der Waals surface area (Å²) >= 11 is 0. The van der Waals surface area contributed by atoms with Crippen molar-refractivity contribution in [2.75, 3.05) is 26.2 Å². The number of hydrogen-bond donors (Lipinski definition) is 2. The van der Waals surface area contributed by atoms with Gasteiger partial charge in [0.1, 0.15) is 5.75 Å². The minimum absolute atomic E-state index is 0.0412. The Morgan fingerprint density at radius 1 is 1.18 bits per heavy atom. The van der Waals surface area contributed by atoms with Crippen molar-refractivity contribution in [3.05, 3.63) is 54.1 Å². The van der Waals surface area contributed by atoms with Gasteiger partial charge in [0.05, 0.1) is 0 Å². The van der Waals surface area contributed by atoms with Gasteiger partial charge < -0.3 is 15.4 Å². The molecule has 0 atom stereocenters. The summed E-state index contributed by atoms with van der Waals surface area (Å²) in [7, 11) is 0. The maximum absolute atomic E-state index is 11.9. The van der Waals surface area contributed by atoms with Gasteiger partial charge in [-0.1, -0.05) is 48.0 Å². The van der Waals surface area contributed by atoms with Gasteiger partial charge in [0.2, 0.25) is 0 Å². The fourth-order valence-electron chi connectivity index (χ4n) is 2.56. The van der Waals surface area contributed by atoms with Crippen molar-refractivity contribution in [1.29, 1.82) is 0 Å². The molecule has 0 unspecified atom stereocenters. The normalized spacial score (nSPS) is 14.5. The molecule has 1 aliphatic rings. The molecule has 3 rings (SSSR count). The Hall–Kier alpha value is -2.33. The lowest BCUT2D eigenvalue weighted by atomic mass is 10.1. The summed E-state index contributed by atoms with van der Waals surface area (Å²) in [5.74, 6) is 0.654. The van der Waals surface area contributed by atoms with Crippen LogP contribution in [-0.4, -0.2) is 32.1 Å². The monoisotopic (exact) mass is 296 g/mol. The molecule has 1 amide bonds. The summed E-state index contributed by atoms with van der Waals surface area (Å²) in [6.07, 6.45) is 3.12. The van der Waals surface area contributed by atoms with Gasteiger partial charge in [-0.3, -0.25) is 4.79 Å². The minimum Gasteiger partial charge on any atom is -0.483 e. The highest BCUT2D eigenvalue weighted by Crippen LogP contribution is 2.24. The van der Waals surface area contributed by atoms with E-state index in [1.54, 1.807) is 0 Å². The lowest BCUT2D eigenvalue weighted by Crippen LogP contribution is -2.32.